The van der Waals surface area contributed by atoms with Crippen LogP contribution in [0.4, 0.5) is 5.69 Å². The van der Waals surface area contributed by atoms with Crippen LogP contribution in [-0.2, 0) is 4.79 Å². The molecule has 0 aliphatic rings. The molecule has 1 atom stereocenters. The number of hydrogen-bond donors (Lipinski definition) is 2. The molecule has 0 fully saturated rings. The van der Waals surface area contributed by atoms with Gasteiger partial charge >= 0.3 is 5.69 Å². The predicted octanol–water partition coefficient (Wildman–Crippen LogP) is 2.66. The number of H-pyrrole nitrogens is 1. The molecule has 1 aromatic carbocycles. The van der Waals surface area contributed by atoms with Gasteiger partial charge in [0.25, 0.3) is 5.56 Å². The fraction of sp³-hybridized carbons (Fsp3) is 0.278. The maximum Gasteiger partial charge on any atom is 0.330 e. The SMILES string of the molecule is CCOc1ccccc1NC(=O)C(C)n1c(=O)[nH]c2sc(C)cc2c1=O. The molecular formula is C18H19N3O4S. The molecule has 2 N–H and O–H groups in total. The van der Waals surface area contributed by atoms with Crippen LogP contribution < -0.4 is 21.3 Å². The van der Waals surface area contributed by atoms with Gasteiger partial charge in [-0.15, -0.1) is 11.3 Å². The van der Waals surface area contributed by atoms with E-state index in [1.165, 1.54) is 18.3 Å². The highest BCUT2D eigenvalue weighted by Gasteiger charge is 2.22. The third-order valence-electron chi connectivity index (χ3n) is 3.96. The summed E-state index contributed by atoms with van der Waals surface area (Å²) < 4.78 is 6.42. The quantitative estimate of drug-likeness (QED) is 0.719. The van der Waals surface area contributed by atoms with Crippen LogP contribution in [0.2, 0.25) is 0 Å². The molecule has 0 bridgehead atoms. The first-order chi connectivity index (χ1) is 12.4. The highest BCUT2D eigenvalue weighted by molar-refractivity contribution is 7.18. The van der Waals surface area contributed by atoms with E-state index in [-0.39, 0.29) is 0 Å². The van der Waals surface area contributed by atoms with Gasteiger partial charge in [0.15, 0.2) is 0 Å². The maximum atomic E-state index is 12.7. The molecule has 7 nitrogen and oxygen atoms in total. The Morgan fingerprint density at radius 3 is 2.81 bits per heavy atom. The van der Waals surface area contributed by atoms with Crippen molar-refractivity contribution in [3.63, 3.8) is 0 Å². The number of fused-ring (bicyclic) bond motifs is 1. The van der Waals surface area contributed by atoms with Gasteiger partial charge in [-0.25, -0.2) is 9.36 Å². The average Bonchev–Trinajstić information content (AvgIpc) is 2.97. The van der Waals surface area contributed by atoms with Crippen molar-refractivity contribution in [1.82, 2.24) is 9.55 Å². The van der Waals surface area contributed by atoms with Crippen molar-refractivity contribution in [2.45, 2.75) is 26.8 Å². The maximum absolute atomic E-state index is 12.7. The lowest BCUT2D eigenvalue weighted by Gasteiger charge is -2.16. The summed E-state index contributed by atoms with van der Waals surface area (Å²) in [6.45, 7) is 5.67. The summed E-state index contributed by atoms with van der Waals surface area (Å²) in [6.07, 6.45) is 0. The second kappa shape index (κ2) is 7.17. The highest BCUT2D eigenvalue weighted by Crippen LogP contribution is 2.24. The van der Waals surface area contributed by atoms with Crippen molar-refractivity contribution in [2.24, 2.45) is 0 Å². The first-order valence-electron chi connectivity index (χ1n) is 8.20. The molecule has 0 saturated carbocycles. The number of anilines is 1. The topological polar surface area (TPSA) is 93.2 Å². The van der Waals surface area contributed by atoms with Crippen LogP contribution in [0.5, 0.6) is 5.75 Å². The van der Waals surface area contributed by atoms with Gasteiger partial charge in [0.1, 0.15) is 16.6 Å². The van der Waals surface area contributed by atoms with Crippen LogP contribution in [0.3, 0.4) is 0 Å². The van der Waals surface area contributed by atoms with Gasteiger partial charge in [0.2, 0.25) is 5.91 Å². The van der Waals surface area contributed by atoms with Crippen LogP contribution >= 0.6 is 11.3 Å². The number of para-hydroxylation sites is 2. The number of carbonyl (C=O) groups is 1. The summed E-state index contributed by atoms with van der Waals surface area (Å²) >= 11 is 1.33. The Morgan fingerprint density at radius 1 is 1.35 bits per heavy atom. The summed E-state index contributed by atoms with van der Waals surface area (Å²) in [6, 6.07) is 7.74. The summed E-state index contributed by atoms with van der Waals surface area (Å²) in [5.74, 6) is 0.0526. The largest absolute Gasteiger partial charge is 0.492 e. The molecule has 1 amide bonds. The number of aryl methyl sites for hydroxylation is 1. The molecule has 26 heavy (non-hydrogen) atoms. The molecule has 0 saturated heterocycles. The first-order valence-corrected chi connectivity index (χ1v) is 9.01. The number of aromatic nitrogens is 2. The van der Waals surface area contributed by atoms with E-state index in [1.54, 1.807) is 30.3 Å². The van der Waals surface area contributed by atoms with E-state index >= 15 is 0 Å². The predicted molar refractivity (Wildman–Crippen MR) is 102 cm³/mol. The molecule has 136 valence electrons. The molecule has 1 unspecified atom stereocenters. The molecule has 0 radical (unpaired) electrons. The normalized spacial score (nSPS) is 12.1. The van der Waals surface area contributed by atoms with E-state index in [0.29, 0.717) is 28.3 Å². The molecule has 8 heteroatoms. The van der Waals surface area contributed by atoms with E-state index < -0.39 is 23.2 Å². The Morgan fingerprint density at radius 2 is 2.08 bits per heavy atom. The van der Waals surface area contributed by atoms with Crippen molar-refractivity contribution in [3.05, 3.63) is 56.0 Å². The zero-order valence-electron chi connectivity index (χ0n) is 14.7. The number of ether oxygens (including phenoxy) is 1. The minimum absolute atomic E-state index is 0.404. The number of nitrogens with one attached hydrogen (secondary N) is 2. The van der Waals surface area contributed by atoms with Crippen molar-refractivity contribution >= 4 is 33.1 Å². The molecule has 3 aromatic rings. The van der Waals surface area contributed by atoms with Gasteiger partial charge in [-0.05, 0) is 39.0 Å². The number of thiophene rings is 1. The van der Waals surface area contributed by atoms with E-state index in [2.05, 4.69) is 10.3 Å². The summed E-state index contributed by atoms with van der Waals surface area (Å²) in [7, 11) is 0. The van der Waals surface area contributed by atoms with Gasteiger partial charge in [0, 0.05) is 4.88 Å². The van der Waals surface area contributed by atoms with Gasteiger partial charge < -0.3 is 10.1 Å². The molecule has 0 aliphatic heterocycles. The molecule has 3 rings (SSSR count). The number of aromatic amines is 1. The zero-order valence-corrected chi connectivity index (χ0v) is 15.5. The molecule has 0 aliphatic carbocycles. The van der Waals surface area contributed by atoms with Gasteiger partial charge in [0.05, 0.1) is 17.7 Å². The zero-order chi connectivity index (χ0) is 18.8. The second-order valence-corrected chi connectivity index (χ2v) is 7.06. The summed E-state index contributed by atoms with van der Waals surface area (Å²) in [4.78, 5) is 41.8. The number of nitrogens with zero attached hydrogens (tertiary/aromatic N) is 1. The Labute approximate surface area is 153 Å². The first kappa shape index (κ1) is 17.9. The van der Waals surface area contributed by atoms with Crippen molar-refractivity contribution in [2.75, 3.05) is 11.9 Å². The number of carbonyl (C=O) groups excluding carboxylic acids is 1. The van der Waals surface area contributed by atoms with E-state index in [0.717, 1.165) is 9.44 Å². The van der Waals surface area contributed by atoms with E-state index in [1.807, 2.05) is 13.8 Å². The van der Waals surface area contributed by atoms with Crippen molar-refractivity contribution in [1.29, 1.82) is 0 Å². The number of amides is 1. The standard InChI is InChI=1S/C18H19N3O4S/c1-4-25-14-8-6-5-7-13(14)19-15(22)11(3)21-17(23)12-9-10(2)26-16(12)20-18(21)24/h5-9,11H,4H2,1-3H3,(H,19,22)(H,20,24). The third kappa shape index (κ3) is 3.28. The van der Waals surface area contributed by atoms with Crippen LogP contribution in [0.25, 0.3) is 10.2 Å². The Bertz CT molecular complexity index is 1080. The van der Waals surface area contributed by atoms with Crippen molar-refractivity contribution in [3.8, 4) is 5.75 Å². The van der Waals surface area contributed by atoms with Gasteiger partial charge in [-0.1, -0.05) is 12.1 Å². The van der Waals surface area contributed by atoms with Gasteiger partial charge in [-0.2, -0.15) is 0 Å². The summed E-state index contributed by atoms with van der Waals surface area (Å²) in [5, 5.41) is 3.13. The van der Waals surface area contributed by atoms with E-state index in [9.17, 15) is 14.4 Å². The van der Waals surface area contributed by atoms with Gasteiger partial charge in [-0.3, -0.25) is 14.6 Å². The number of hydrogen-bond acceptors (Lipinski definition) is 5. The molecule has 0 spiro atoms. The van der Waals surface area contributed by atoms with Crippen LogP contribution in [-0.4, -0.2) is 22.1 Å². The van der Waals surface area contributed by atoms with Crippen LogP contribution in [0.1, 0.15) is 24.8 Å². The number of benzene rings is 1. The fourth-order valence-corrected chi connectivity index (χ4v) is 3.60. The molecular weight excluding hydrogens is 354 g/mol. The monoisotopic (exact) mass is 373 g/mol. The fourth-order valence-electron chi connectivity index (χ4n) is 2.70. The van der Waals surface area contributed by atoms with E-state index in [4.69, 9.17) is 4.74 Å². The molecule has 2 heterocycles. The third-order valence-corrected chi connectivity index (χ3v) is 4.92. The lowest BCUT2D eigenvalue weighted by Crippen LogP contribution is -2.41. The number of rotatable bonds is 5. The smallest absolute Gasteiger partial charge is 0.330 e. The minimum Gasteiger partial charge on any atom is -0.492 e. The van der Waals surface area contributed by atoms with Crippen LogP contribution in [0, 0.1) is 6.92 Å². The molecule has 2 aromatic heterocycles. The Balaban J connectivity index is 1.96. The lowest BCUT2D eigenvalue weighted by molar-refractivity contribution is -0.119. The van der Waals surface area contributed by atoms with Crippen LogP contribution in [0.15, 0.2) is 39.9 Å². The summed E-state index contributed by atoms with van der Waals surface area (Å²) in [5.41, 5.74) is -0.595. The Hall–Kier alpha value is -2.87. The highest BCUT2D eigenvalue weighted by atomic mass is 32.1. The van der Waals surface area contributed by atoms with Crippen molar-refractivity contribution < 1.29 is 9.53 Å². The average molecular weight is 373 g/mol. The second-order valence-electron chi connectivity index (χ2n) is 5.80. The minimum atomic E-state index is -0.981. The lowest BCUT2D eigenvalue weighted by atomic mass is 10.2. The Kier molecular flexibility index (Phi) is 4.94.